The minimum Gasteiger partial charge on any atom is -0.481 e. The molecule has 1 fully saturated rings. The largest absolute Gasteiger partial charge is 0.481 e. The molecule has 152 valence electrons. The Morgan fingerprint density at radius 3 is 2.52 bits per heavy atom. The van der Waals surface area contributed by atoms with E-state index in [9.17, 15) is 20.1 Å². The molecule has 0 saturated heterocycles. The number of allylic oxidation sites excluding steroid dienone is 5. The van der Waals surface area contributed by atoms with Crippen LogP contribution >= 0.6 is 0 Å². The summed E-state index contributed by atoms with van der Waals surface area (Å²) < 4.78 is 0. The number of hydrogen-bond donors (Lipinski definition) is 4. The summed E-state index contributed by atoms with van der Waals surface area (Å²) in [6, 6.07) is 0. The molecule has 4 N–H and O–H groups in total. The first kappa shape index (κ1) is 23.3. The van der Waals surface area contributed by atoms with E-state index < -0.39 is 24.3 Å². The van der Waals surface area contributed by atoms with Crippen LogP contribution in [0.1, 0.15) is 51.9 Å². The fraction of sp³-hybridized carbons (Fsp3) is 0.591. The summed E-state index contributed by atoms with van der Waals surface area (Å²) in [4.78, 5) is 10.4. The van der Waals surface area contributed by atoms with Gasteiger partial charge in [0, 0.05) is 18.8 Å². The number of aliphatic hydroxyl groups excluding tert-OH is 3. The van der Waals surface area contributed by atoms with E-state index in [4.69, 9.17) is 5.11 Å². The van der Waals surface area contributed by atoms with Crippen LogP contribution in [0, 0.1) is 11.8 Å². The van der Waals surface area contributed by atoms with Gasteiger partial charge in [-0.05, 0) is 38.0 Å². The summed E-state index contributed by atoms with van der Waals surface area (Å²) >= 11 is 0. The molecule has 0 aliphatic heterocycles. The predicted octanol–water partition coefficient (Wildman–Crippen LogP) is 3.38. The highest BCUT2D eigenvalue weighted by Gasteiger charge is 2.39. The zero-order chi connectivity index (χ0) is 20.1. The smallest absolute Gasteiger partial charge is 0.303 e. The lowest BCUT2D eigenvalue weighted by Gasteiger charge is -2.19. The lowest BCUT2D eigenvalue weighted by molar-refractivity contribution is -0.136. The summed E-state index contributed by atoms with van der Waals surface area (Å²) in [5, 5.41) is 38.9. The molecule has 0 heterocycles. The fourth-order valence-electron chi connectivity index (χ4n) is 3.29. The zero-order valence-corrected chi connectivity index (χ0v) is 16.2. The minimum absolute atomic E-state index is 0.0160. The van der Waals surface area contributed by atoms with Crippen LogP contribution in [0.4, 0.5) is 0 Å². The highest BCUT2D eigenvalue weighted by atomic mass is 16.4. The van der Waals surface area contributed by atoms with Gasteiger partial charge >= 0.3 is 5.97 Å². The van der Waals surface area contributed by atoms with Crippen LogP contribution in [-0.4, -0.2) is 44.7 Å². The second-order valence-corrected chi connectivity index (χ2v) is 7.03. The molecule has 5 nitrogen and oxygen atoms in total. The van der Waals surface area contributed by atoms with Gasteiger partial charge in [-0.25, -0.2) is 0 Å². The molecule has 0 amide bonds. The molecule has 1 aliphatic carbocycles. The molecule has 27 heavy (non-hydrogen) atoms. The minimum atomic E-state index is -0.798. The SMILES string of the molecule is CC/C=C\C[C@@H]1[C@H](/C=C/[C@H](O)C/C=C\C/C=C\CCC(=O)O)[C@@H](O)C[C@H]1O. The Labute approximate surface area is 162 Å². The number of carbonyl (C=O) groups is 1. The van der Waals surface area contributed by atoms with Crippen LogP contribution in [0.15, 0.2) is 48.6 Å². The van der Waals surface area contributed by atoms with Gasteiger partial charge in [0.05, 0.1) is 18.3 Å². The Kier molecular flexibility index (Phi) is 11.7. The second kappa shape index (κ2) is 13.5. The van der Waals surface area contributed by atoms with Crippen LogP contribution in [0.3, 0.4) is 0 Å². The van der Waals surface area contributed by atoms with E-state index in [1.54, 1.807) is 6.08 Å². The van der Waals surface area contributed by atoms with Crippen molar-refractivity contribution in [2.75, 3.05) is 0 Å². The van der Waals surface area contributed by atoms with Gasteiger partial charge in [0.2, 0.25) is 0 Å². The van der Waals surface area contributed by atoms with Gasteiger partial charge in [-0.1, -0.05) is 55.5 Å². The highest BCUT2D eigenvalue weighted by Crippen LogP contribution is 2.36. The van der Waals surface area contributed by atoms with E-state index in [0.717, 1.165) is 12.8 Å². The molecule has 5 atom stereocenters. The number of aliphatic carboxylic acids is 1. The molecule has 0 aromatic heterocycles. The summed E-state index contributed by atoms with van der Waals surface area (Å²) in [5.41, 5.74) is 0. The molecule has 0 spiro atoms. The van der Waals surface area contributed by atoms with Crippen LogP contribution in [0.2, 0.25) is 0 Å². The first-order chi connectivity index (χ1) is 13.0. The van der Waals surface area contributed by atoms with E-state index >= 15 is 0 Å². The number of hydrogen-bond acceptors (Lipinski definition) is 4. The molecule has 5 heteroatoms. The quantitative estimate of drug-likeness (QED) is 0.390. The molecule has 1 saturated carbocycles. The van der Waals surface area contributed by atoms with E-state index in [1.807, 2.05) is 30.4 Å². The van der Waals surface area contributed by atoms with Crippen molar-refractivity contribution in [3.63, 3.8) is 0 Å². The van der Waals surface area contributed by atoms with Crippen molar-refractivity contribution >= 4 is 5.97 Å². The standard InChI is InChI=1S/C22H34O5/c1-2-3-8-12-18-19(21(25)16-20(18)24)15-14-17(23)11-9-6-4-5-7-10-13-22(26)27/h3,5-9,14-15,17-21,23-25H,2,4,10-13,16H2,1H3,(H,26,27)/b7-5-,8-3-,9-6-,15-14+/t17-,18-,19+,20-,21+/m1/s1. The summed E-state index contributed by atoms with van der Waals surface area (Å²) in [6.07, 6.45) is 17.4. The van der Waals surface area contributed by atoms with Crippen LogP contribution < -0.4 is 0 Å². The molecule has 0 aromatic rings. The lowest BCUT2D eigenvalue weighted by atomic mass is 9.89. The van der Waals surface area contributed by atoms with Crippen LogP contribution in [0.25, 0.3) is 0 Å². The summed E-state index contributed by atoms with van der Waals surface area (Å²) in [5.74, 6) is -0.955. The number of carboxylic acid groups (broad SMARTS) is 1. The average molecular weight is 379 g/mol. The van der Waals surface area contributed by atoms with Crippen molar-refractivity contribution < 1.29 is 25.2 Å². The van der Waals surface area contributed by atoms with Gasteiger partial charge in [-0.15, -0.1) is 0 Å². The van der Waals surface area contributed by atoms with Gasteiger partial charge < -0.3 is 20.4 Å². The monoisotopic (exact) mass is 378 g/mol. The number of aliphatic hydroxyl groups is 3. The van der Waals surface area contributed by atoms with Gasteiger partial charge in [0.15, 0.2) is 0 Å². The number of rotatable bonds is 12. The Bertz CT molecular complexity index is 535. The Morgan fingerprint density at radius 2 is 1.81 bits per heavy atom. The molecule has 0 bridgehead atoms. The zero-order valence-electron chi connectivity index (χ0n) is 16.2. The molecule has 0 radical (unpaired) electrons. The average Bonchev–Trinajstić information content (AvgIpc) is 2.88. The molecule has 1 aliphatic rings. The maximum absolute atomic E-state index is 10.4. The second-order valence-electron chi connectivity index (χ2n) is 7.03. The van der Waals surface area contributed by atoms with Crippen molar-refractivity contribution in [2.24, 2.45) is 11.8 Å². The maximum atomic E-state index is 10.4. The van der Waals surface area contributed by atoms with Crippen molar-refractivity contribution in [3.8, 4) is 0 Å². The topological polar surface area (TPSA) is 98.0 Å². The third-order valence-corrected chi connectivity index (χ3v) is 4.79. The molecular weight excluding hydrogens is 344 g/mol. The van der Waals surface area contributed by atoms with Gasteiger partial charge in [-0.2, -0.15) is 0 Å². The first-order valence-electron chi connectivity index (χ1n) is 9.85. The third kappa shape index (κ3) is 9.70. The number of carboxylic acids is 1. The Hall–Kier alpha value is -1.69. The summed E-state index contributed by atoms with van der Waals surface area (Å²) in [7, 11) is 0. The maximum Gasteiger partial charge on any atom is 0.303 e. The molecule has 0 unspecified atom stereocenters. The van der Waals surface area contributed by atoms with Gasteiger partial charge in [-0.3, -0.25) is 4.79 Å². The van der Waals surface area contributed by atoms with E-state index in [-0.39, 0.29) is 18.3 Å². The summed E-state index contributed by atoms with van der Waals surface area (Å²) in [6.45, 7) is 2.06. The van der Waals surface area contributed by atoms with Crippen molar-refractivity contribution in [2.45, 2.75) is 70.2 Å². The fourth-order valence-corrected chi connectivity index (χ4v) is 3.29. The Morgan fingerprint density at radius 1 is 1.07 bits per heavy atom. The lowest BCUT2D eigenvalue weighted by Crippen LogP contribution is -2.20. The molecular formula is C22H34O5. The molecule has 0 aromatic carbocycles. The van der Waals surface area contributed by atoms with E-state index in [2.05, 4.69) is 19.1 Å². The van der Waals surface area contributed by atoms with Gasteiger partial charge in [0.1, 0.15) is 0 Å². The van der Waals surface area contributed by atoms with Gasteiger partial charge in [0.25, 0.3) is 0 Å². The van der Waals surface area contributed by atoms with Crippen molar-refractivity contribution in [3.05, 3.63) is 48.6 Å². The van der Waals surface area contributed by atoms with E-state index in [0.29, 0.717) is 25.7 Å². The van der Waals surface area contributed by atoms with E-state index in [1.165, 1.54) is 0 Å². The normalized spacial score (nSPS) is 27.6. The third-order valence-electron chi connectivity index (χ3n) is 4.79. The Balaban J connectivity index is 2.39. The molecule has 1 rings (SSSR count). The van der Waals surface area contributed by atoms with Crippen molar-refractivity contribution in [1.29, 1.82) is 0 Å². The van der Waals surface area contributed by atoms with Crippen LogP contribution in [0.5, 0.6) is 0 Å². The van der Waals surface area contributed by atoms with Crippen molar-refractivity contribution in [1.82, 2.24) is 0 Å². The first-order valence-corrected chi connectivity index (χ1v) is 9.85. The predicted molar refractivity (Wildman–Crippen MR) is 107 cm³/mol. The van der Waals surface area contributed by atoms with Crippen LogP contribution in [-0.2, 0) is 4.79 Å². The highest BCUT2D eigenvalue weighted by molar-refractivity contribution is 5.66.